The monoisotopic (exact) mass is 787 g/mol. The Morgan fingerprint density at radius 3 is 1.12 bits per heavy atom. The van der Waals surface area contributed by atoms with Crippen LogP contribution in [0.25, 0.3) is 0 Å². The van der Waals surface area contributed by atoms with Gasteiger partial charge in [0.25, 0.3) is 0 Å². The van der Waals surface area contributed by atoms with E-state index in [0.29, 0.717) is 17.9 Å². The third-order valence-corrected chi connectivity index (χ3v) is 13.0. The van der Waals surface area contributed by atoms with E-state index in [1.54, 1.807) is 0 Å². The Morgan fingerprint density at radius 1 is 0.456 bits per heavy atom. The van der Waals surface area contributed by atoms with Crippen LogP contribution in [0.5, 0.6) is 11.5 Å². The summed E-state index contributed by atoms with van der Waals surface area (Å²) >= 11 is 0. The van der Waals surface area contributed by atoms with Crippen molar-refractivity contribution in [2.75, 3.05) is 0 Å². The molecule has 0 bridgehead atoms. The molecular weight excluding hydrogens is 705 g/mol. The van der Waals surface area contributed by atoms with Gasteiger partial charge in [-0.05, 0) is 81.0 Å². The van der Waals surface area contributed by atoms with Crippen LogP contribution < -0.4 is 20.1 Å². The third-order valence-electron chi connectivity index (χ3n) is 13.0. The SMILES string of the molecule is CCCCCCCCCCCCc1ccccc1OC(=O)NC1(CC2(NC(=O)Oc3ccccc3CCCCCCCCCCCC)CCCCC2)CCCCC1. The fraction of sp³-hybridized carbons (Fsp3) is 0.725. The van der Waals surface area contributed by atoms with Gasteiger partial charge in [0, 0.05) is 11.1 Å². The van der Waals surface area contributed by atoms with Crippen molar-refractivity contribution in [3.8, 4) is 11.5 Å². The number of carbonyl (C=O) groups is 2. The van der Waals surface area contributed by atoms with Crippen LogP contribution in [0, 0.1) is 0 Å². The summed E-state index contributed by atoms with van der Waals surface area (Å²) in [6.07, 6.45) is 38.0. The van der Waals surface area contributed by atoms with Crippen LogP contribution in [0.4, 0.5) is 9.59 Å². The molecule has 0 unspecified atom stereocenters. The number of ether oxygens (including phenoxy) is 2. The molecule has 2 saturated carbocycles. The van der Waals surface area contributed by atoms with Gasteiger partial charge in [-0.2, -0.15) is 0 Å². The highest BCUT2D eigenvalue weighted by Gasteiger charge is 2.45. The zero-order valence-electron chi connectivity index (χ0n) is 36.6. The first-order valence-corrected chi connectivity index (χ1v) is 24.1. The zero-order chi connectivity index (χ0) is 40.3. The minimum absolute atomic E-state index is 0.373. The van der Waals surface area contributed by atoms with Crippen LogP contribution in [0.2, 0.25) is 0 Å². The van der Waals surface area contributed by atoms with Crippen LogP contribution >= 0.6 is 0 Å². The summed E-state index contributed by atoms with van der Waals surface area (Å²) in [6.45, 7) is 4.55. The lowest BCUT2D eigenvalue weighted by molar-refractivity contribution is 0.107. The van der Waals surface area contributed by atoms with Gasteiger partial charge in [-0.3, -0.25) is 0 Å². The Bertz CT molecular complexity index is 1280. The molecule has 0 aliphatic heterocycles. The quantitative estimate of drug-likeness (QED) is 0.0842. The number of para-hydroxylation sites is 2. The second-order valence-corrected chi connectivity index (χ2v) is 18.0. The van der Waals surface area contributed by atoms with E-state index >= 15 is 0 Å². The van der Waals surface area contributed by atoms with E-state index in [2.05, 4.69) is 36.6 Å². The van der Waals surface area contributed by atoms with Crippen LogP contribution in [0.1, 0.15) is 224 Å². The number of hydrogen-bond donors (Lipinski definition) is 2. The zero-order valence-corrected chi connectivity index (χ0v) is 36.6. The van der Waals surface area contributed by atoms with Gasteiger partial charge in [0.2, 0.25) is 0 Å². The van der Waals surface area contributed by atoms with Crippen molar-refractivity contribution in [3.63, 3.8) is 0 Å². The maximum Gasteiger partial charge on any atom is 0.413 e. The molecule has 0 aromatic heterocycles. The molecule has 0 heterocycles. The lowest BCUT2D eigenvalue weighted by atomic mass is 9.68. The first kappa shape index (κ1) is 46.7. The van der Waals surface area contributed by atoms with Gasteiger partial charge < -0.3 is 20.1 Å². The predicted octanol–water partition coefficient (Wildman–Crippen LogP) is 15.3. The van der Waals surface area contributed by atoms with Crippen LogP contribution in [-0.4, -0.2) is 23.3 Å². The minimum Gasteiger partial charge on any atom is -0.410 e. The molecule has 0 atom stereocenters. The van der Waals surface area contributed by atoms with Gasteiger partial charge in [0.1, 0.15) is 11.5 Å². The van der Waals surface area contributed by atoms with E-state index in [-0.39, 0.29) is 12.2 Å². The number of rotatable bonds is 28. The highest BCUT2D eigenvalue weighted by molar-refractivity contribution is 5.73. The predicted molar refractivity (Wildman–Crippen MR) is 239 cm³/mol. The summed E-state index contributed by atoms with van der Waals surface area (Å²) in [5.74, 6) is 1.34. The highest BCUT2D eigenvalue weighted by atomic mass is 16.6. The summed E-state index contributed by atoms with van der Waals surface area (Å²) in [4.78, 5) is 27.6. The fourth-order valence-corrected chi connectivity index (χ4v) is 9.71. The maximum absolute atomic E-state index is 13.8. The summed E-state index contributed by atoms with van der Waals surface area (Å²) in [5, 5.41) is 6.84. The number of carbonyl (C=O) groups excluding carboxylic acids is 2. The van der Waals surface area contributed by atoms with Crippen LogP contribution in [0.3, 0.4) is 0 Å². The van der Waals surface area contributed by atoms with E-state index in [1.807, 2.05) is 36.4 Å². The molecular formula is C51H82N2O4. The van der Waals surface area contributed by atoms with Crippen molar-refractivity contribution in [2.45, 2.75) is 237 Å². The molecule has 0 spiro atoms. The molecule has 2 aromatic carbocycles. The Kier molecular flexibility index (Phi) is 22.6. The van der Waals surface area contributed by atoms with Crippen molar-refractivity contribution < 1.29 is 19.1 Å². The minimum atomic E-state index is -0.432. The third kappa shape index (κ3) is 18.2. The second-order valence-electron chi connectivity index (χ2n) is 18.0. The molecule has 57 heavy (non-hydrogen) atoms. The van der Waals surface area contributed by atoms with E-state index in [1.165, 1.54) is 128 Å². The van der Waals surface area contributed by atoms with E-state index in [0.717, 1.165) is 88.2 Å². The first-order valence-electron chi connectivity index (χ1n) is 24.1. The molecule has 2 N–H and O–H groups in total. The van der Waals surface area contributed by atoms with Gasteiger partial charge in [-0.25, -0.2) is 9.59 Å². The molecule has 0 radical (unpaired) electrons. The molecule has 2 aromatic rings. The van der Waals surface area contributed by atoms with E-state index in [9.17, 15) is 9.59 Å². The Hall–Kier alpha value is -3.02. The van der Waals surface area contributed by atoms with Crippen molar-refractivity contribution in [1.29, 1.82) is 0 Å². The Morgan fingerprint density at radius 2 is 0.772 bits per heavy atom. The normalized spacial score (nSPS) is 16.2. The number of amides is 2. The van der Waals surface area contributed by atoms with Crippen molar-refractivity contribution >= 4 is 12.2 Å². The summed E-state index contributed by atoms with van der Waals surface area (Å²) in [6, 6.07) is 16.1. The lowest BCUT2D eigenvalue weighted by Gasteiger charge is -2.47. The molecule has 2 amide bonds. The van der Waals surface area contributed by atoms with Crippen LogP contribution in [0.15, 0.2) is 48.5 Å². The molecule has 6 heteroatoms. The largest absolute Gasteiger partial charge is 0.413 e. The second kappa shape index (κ2) is 27.6. The van der Waals surface area contributed by atoms with Gasteiger partial charge >= 0.3 is 12.2 Å². The average molecular weight is 787 g/mol. The van der Waals surface area contributed by atoms with Crippen LogP contribution in [-0.2, 0) is 12.8 Å². The number of nitrogens with one attached hydrogen (secondary N) is 2. The Balaban J connectivity index is 1.29. The van der Waals surface area contributed by atoms with Crippen molar-refractivity contribution in [1.82, 2.24) is 10.6 Å². The smallest absolute Gasteiger partial charge is 0.410 e. The number of unbranched alkanes of at least 4 members (excludes halogenated alkanes) is 18. The van der Waals surface area contributed by atoms with E-state index in [4.69, 9.17) is 9.47 Å². The molecule has 0 saturated heterocycles. The number of aryl methyl sites for hydroxylation is 2. The molecule has 2 fully saturated rings. The van der Waals surface area contributed by atoms with Gasteiger partial charge in [0.15, 0.2) is 0 Å². The summed E-state index contributed by atoms with van der Waals surface area (Å²) in [5.41, 5.74) is 1.34. The topological polar surface area (TPSA) is 76.7 Å². The number of benzene rings is 2. The summed E-state index contributed by atoms with van der Waals surface area (Å²) in [7, 11) is 0. The van der Waals surface area contributed by atoms with E-state index < -0.39 is 11.1 Å². The van der Waals surface area contributed by atoms with Crippen molar-refractivity contribution in [3.05, 3.63) is 59.7 Å². The Labute approximate surface area is 348 Å². The van der Waals surface area contributed by atoms with Gasteiger partial charge in [-0.15, -0.1) is 0 Å². The summed E-state index contributed by atoms with van der Waals surface area (Å²) < 4.78 is 12.3. The molecule has 320 valence electrons. The fourth-order valence-electron chi connectivity index (χ4n) is 9.71. The van der Waals surface area contributed by atoms with Gasteiger partial charge in [-0.1, -0.05) is 204 Å². The van der Waals surface area contributed by atoms with Crippen molar-refractivity contribution in [2.24, 2.45) is 0 Å². The molecule has 2 aliphatic rings. The van der Waals surface area contributed by atoms with Gasteiger partial charge in [0.05, 0.1) is 0 Å². The highest BCUT2D eigenvalue weighted by Crippen LogP contribution is 2.41. The maximum atomic E-state index is 13.8. The lowest BCUT2D eigenvalue weighted by Crippen LogP contribution is -2.60. The number of hydrogen-bond acceptors (Lipinski definition) is 4. The molecule has 6 nitrogen and oxygen atoms in total. The standard InChI is InChI=1S/C51H82N2O4/c1-3-5-7-9-11-13-15-17-19-23-33-44-35-25-27-37-46(44)56-48(54)52-50(39-29-21-30-40-50)43-51(41-31-22-32-42-51)53-49(55)57-47-38-28-26-36-45(47)34-24-20-18-16-14-12-10-8-6-4-2/h25-28,35-38H,3-24,29-34,39-43H2,1-2H3,(H,52,54)(H,53,55). The molecule has 2 aliphatic carbocycles. The average Bonchev–Trinajstić information content (AvgIpc) is 3.21. The molecule has 4 rings (SSSR count). The first-order chi connectivity index (χ1) is 28.0.